The van der Waals surface area contributed by atoms with Gasteiger partial charge in [0.2, 0.25) is 0 Å². The van der Waals surface area contributed by atoms with Gasteiger partial charge in [-0.05, 0) is 29.7 Å². The second-order valence-corrected chi connectivity index (χ2v) is 5.38. The Hall–Kier alpha value is -1.87. The summed E-state index contributed by atoms with van der Waals surface area (Å²) in [7, 11) is 2.08. The van der Waals surface area contributed by atoms with Gasteiger partial charge in [0, 0.05) is 24.8 Å². The number of hydrogen-bond donors (Lipinski definition) is 1. The Bertz CT molecular complexity index is 590. The maximum absolute atomic E-state index is 5.68. The lowest BCUT2D eigenvalue weighted by molar-refractivity contribution is 0.921. The van der Waals surface area contributed by atoms with Crippen LogP contribution in [-0.2, 0) is 13.0 Å². The summed E-state index contributed by atoms with van der Waals surface area (Å²) in [4.78, 5) is 2.63. The number of nitrogens with zero attached hydrogens (tertiary/aromatic N) is 1. The summed E-state index contributed by atoms with van der Waals surface area (Å²) in [6.07, 6.45) is 1.08. The van der Waals surface area contributed by atoms with Crippen molar-refractivity contribution in [2.75, 3.05) is 11.9 Å². The Morgan fingerprint density at radius 2 is 1.75 bits per heavy atom. The van der Waals surface area contributed by atoms with Gasteiger partial charge in [-0.15, -0.1) is 0 Å². The van der Waals surface area contributed by atoms with Crippen LogP contribution in [0.4, 0.5) is 5.69 Å². The standard InChI is InChI=1S/C17H20N2S/c1-3-13-7-9-14(10-8-13)12-19(2)16-6-4-5-15(11-16)17(18)20/h4-11H,3,12H2,1-2H3,(H2,18,20). The van der Waals surface area contributed by atoms with E-state index < -0.39 is 0 Å². The molecule has 0 heterocycles. The van der Waals surface area contributed by atoms with E-state index in [9.17, 15) is 0 Å². The van der Waals surface area contributed by atoms with Crippen molar-refractivity contribution in [2.24, 2.45) is 5.73 Å². The summed E-state index contributed by atoms with van der Waals surface area (Å²) < 4.78 is 0. The molecule has 0 aromatic heterocycles. The van der Waals surface area contributed by atoms with Crippen molar-refractivity contribution in [3.05, 3.63) is 65.2 Å². The Labute approximate surface area is 126 Å². The van der Waals surface area contributed by atoms with Crippen molar-refractivity contribution >= 4 is 22.9 Å². The van der Waals surface area contributed by atoms with E-state index in [1.807, 2.05) is 18.2 Å². The van der Waals surface area contributed by atoms with E-state index in [0.29, 0.717) is 4.99 Å². The molecule has 0 atom stereocenters. The zero-order valence-corrected chi connectivity index (χ0v) is 12.8. The smallest absolute Gasteiger partial charge is 0.104 e. The number of thiocarbonyl (C=S) groups is 1. The molecule has 20 heavy (non-hydrogen) atoms. The summed E-state index contributed by atoms with van der Waals surface area (Å²) in [5, 5.41) is 0. The number of hydrogen-bond acceptors (Lipinski definition) is 2. The average molecular weight is 284 g/mol. The fourth-order valence-corrected chi connectivity index (χ4v) is 2.27. The average Bonchev–Trinajstić information content (AvgIpc) is 2.48. The molecule has 0 radical (unpaired) electrons. The molecule has 3 heteroatoms. The summed E-state index contributed by atoms with van der Waals surface area (Å²) in [5.41, 5.74) is 10.4. The van der Waals surface area contributed by atoms with Crippen molar-refractivity contribution in [3.63, 3.8) is 0 Å². The van der Waals surface area contributed by atoms with Crippen LogP contribution in [0.1, 0.15) is 23.6 Å². The van der Waals surface area contributed by atoms with Crippen molar-refractivity contribution in [1.29, 1.82) is 0 Å². The van der Waals surface area contributed by atoms with E-state index in [-0.39, 0.29) is 0 Å². The molecule has 0 unspecified atom stereocenters. The van der Waals surface area contributed by atoms with Gasteiger partial charge in [-0.25, -0.2) is 0 Å². The Balaban J connectivity index is 2.12. The topological polar surface area (TPSA) is 29.3 Å². The van der Waals surface area contributed by atoms with Crippen LogP contribution < -0.4 is 10.6 Å². The van der Waals surface area contributed by atoms with E-state index in [1.54, 1.807) is 0 Å². The molecule has 2 rings (SSSR count). The first-order valence-corrected chi connectivity index (χ1v) is 7.20. The van der Waals surface area contributed by atoms with E-state index in [0.717, 1.165) is 24.2 Å². The number of benzene rings is 2. The number of nitrogens with two attached hydrogens (primary N) is 1. The van der Waals surface area contributed by atoms with Crippen LogP contribution in [0.5, 0.6) is 0 Å². The van der Waals surface area contributed by atoms with Gasteiger partial charge in [0.25, 0.3) is 0 Å². The summed E-state index contributed by atoms with van der Waals surface area (Å²) in [6, 6.07) is 16.8. The molecular weight excluding hydrogens is 264 g/mol. The van der Waals surface area contributed by atoms with Crippen LogP contribution in [0, 0.1) is 0 Å². The van der Waals surface area contributed by atoms with Gasteiger partial charge in [0.1, 0.15) is 4.99 Å². The summed E-state index contributed by atoms with van der Waals surface area (Å²) in [5.74, 6) is 0. The zero-order valence-electron chi connectivity index (χ0n) is 12.0. The minimum Gasteiger partial charge on any atom is -0.389 e. The van der Waals surface area contributed by atoms with Gasteiger partial charge in [0.15, 0.2) is 0 Å². The third-order valence-electron chi connectivity index (χ3n) is 3.42. The van der Waals surface area contributed by atoms with E-state index in [1.165, 1.54) is 11.1 Å². The quantitative estimate of drug-likeness (QED) is 0.852. The summed E-state index contributed by atoms with van der Waals surface area (Å²) >= 11 is 5.02. The lowest BCUT2D eigenvalue weighted by Gasteiger charge is -2.20. The highest BCUT2D eigenvalue weighted by atomic mass is 32.1. The summed E-state index contributed by atoms with van der Waals surface area (Å²) in [6.45, 7) is 3.03. The van der Waals surface area contributed by atoms with E-state index in [4.69, 9.17) is 18.0 Å². The van der Waals surface area contributed by atoms with Gasteiger partial charge in [-0.2, -0.15) is 0 Å². The molecule has 0 spiro atoms. The minimum atomic E-state index is 0.438. The van der Waals surface area contributed by atoms with Gasteiger partial charge in [-0.3, -0.25) is 0 Å². The van der Waals surface area contributed by atoms with Crippen LogP contribution in [0.15, 0.2) is 48.5 Å². The van der Waals surface area contributed by atoms with Gasteiger partial charge >= 0.3 is 0 Å². The molecule has 0 aliphatic carbocycles. The second kappa shape index (κ2) is 6.53. The maximum atomic E-state index is 5.68. The molecule has 0 fully saturated rings. The fraction of sp³-hybridized carbons (Fsp3) is 0.235. The Morgan fingerprint density at radius 3 is 2.35 bits per heavy atom. The molecule has 0 saturated heterocycles. The SMILES string of the molecule is CCc1ccc(CN(C)c2cccc(C(N)=S)c2)cc1. The molecule has 0 bridgehead atoms. The number of anilines is 1. The third kappa shape index (κ3) is 3.58. The predicted molar refractivity (Wildman–Crippen MR) is 90.3 cm³/mol. The highest BCUT2D eigenvalue weighted by Gasteiger charge is 2.04. The highest BCUT2D eigenvalue weighted by molar-refractivity contribution is 7.80. The largest absolute Gasteiger partial charge is 0.389 e. The van der Waals surface area contributed by atoms with Gasteiger partial charge in [0.05, 0.1) is 0 Å². The van der Waals surface area contributed by atoms with Crippen molar-refractivity contribution in [3.8, 4) is 0 Å². The molecule has 2 aromatic rings. The first-order valence-electron chi connectivity index (χ1n) is 6.79. The van der Waals surface area contributed by atoms with Crippen molar-refractivity contribution in [1.82, 2.24) is 0 Å². The van der Waals surface area contributed by atoms with Gasteiger partial charge < -0.3 is 10.6 Å². The molecule has 2 aromatic carbocycles. The first-order chi connectivity index (χ1) is 9.60. The third-order valence-corrected chi connectivity index (χ3v) is 3.66. The minimum absolute atomic E-state index is 0.438. The lowest BCUT2D eigenvalue weighted by atomic mass is 10.1. The molecule has 0 aliphatic rings. The van der Waals surface area contributed by atoms with Crippen LogP contribution in [0.25, 0.3) is 0 Å². The lowest BCUT2D eigenvalue weighted by Crippen LogP contribution is -2.17. The molecule has 0 amide bonds. The van der Waals surface area contributed by atoms with Crippen molar-refractivity contribution < 1.29 is 0 Å². The fourth-order valence-electron chi connectivity index (χ4n) is 2.14. The number of aryl methyl sites for hydroxylation is 1. The Kier molecular flexibility index (Phi) is 4.74. The van der Waals surface area contributed by atoms with E-state index >= 15 is 0 Å². The highest BCUT2D eigenvalue weighted by Crippen LogP contribution is 2.17. The molecular formula is C17H20N2S. The molecule has 104 valence electrons. The first kappa shape index (κ1) is 14.5. The van der Waals surface area contributed by atoms with Crippen LogP contribution >= 0.6 is 12.2 Å². The molecule has 0 saturated carbocycles. The van der Waals surface area contributed by atoms with E-state index in [2.05, 4.69) is 49.2 Å². The Morgan fingerprint density at radius 1 is 1.10 bits per heavy atom. The second-order valence-electron chi connectivity index (χ2n) is 4.94. The maximum Gasteiger partial charge on any atom is 0.104 e. The zero-order chi connectivity index (χ0) is 14.5. The molecule has 2 N–H and O–H groups in total. The number of rotatable bonds is 5. The van der Waals surface area contributed by atoms with Crippen molar-refractivity contribution in [2.45, 2.75) is 19.9 Å². The molecule has 2 nitrogen and oxygen atoms in total. The predicted octanol–water partition coefficient (Wildman–Crippen LogP) is 3.52. The van der Waals surface area contributed by atoms with Crippen LogP contribution in [0.3, 0.4) is 0 Å². The van der Waals surface area contributed by atoms with Crippen LogP contribution in [0.2, 0.25) is 0 Å². The van der Waals surface area contributed by atoms with Crippen LogP contribution in [-0.4, -0.2) is 12.0 Å². The molecule has 0 aliphatic heterocycles. The normalized spacial score (nSPS) is 10.3. The monoisotopic (exact) mass is 284 g/mol. The van der Waals surface area contributed by atoms with Gasteiger partial charge in [-0.1, -0.05) is 55.5 Å².